The van der Waals surface area contributed by atoms with Crippen LogP contribution in [0.4, 0.5) is 0 Å². The molecule has 0 bridgehead atoms. The number of allylic oxidation sites excluding steroid dienone is 1. The van der Waals surface area contributed by atoms with Crippen molar-refractivity contribution in [3.63, 3.8) is 0 Å². The zero-order valence-corrected chi connectivity index (χ0v) is 16.6. The minimum atomic E-state index is -0.646. The predicted molar refractivity (Wildman–Crippen MR) is 109 cm³/mol. The van der Waals surface area contributed by atoms with Crippen LogP contribution in [0.2, 0.25) is 0 Å². The number of aromatic nitrogens is 1. The van der Waals surface area contributed by atoms with Gasteiger partial charge in [-0.2, -0.15) is 5.26 Å². The minimum absolute atomic E-state index is 0.000594. The van der Waals surface area contributed by atoms with Crippen molar-refractivity contribution in [2.75, 3.05) is 13.2 Å². The van der Waals surface area contributed by atoms with Gasteiger partial charge in [-0.15, -0.1) is 0 Å². The number of hydrogen-bond acceptors (Lipinski definition) is 6. The molecule has 7 heteroatoms. The maximum Gasteiger partial charge on any atom is 0.258 e. The van der Waals surface area contributed by atoms with Gasteiger partial charge in [-0.1, -0.05) is 25.5 Å². The molecule has 0 radical (unpaired) electrons. The summed E-state index contributed by atoms with van der Waals surface area (Å²) in [5.74, 6) is 0.422. The summed E-state index contributed by atoms with van der Waals surface area (Å²) in [6.45, 7) is 4.48. The molecule has 3 rings (SSSR count). The molecule has 3 N–H and O–H groups in total. The van der Waals surface area contributed by atoms with Crippen LogP contribution in [-0.4, -0.2) is 22.9 Å². The number of benzene rings is 1. The van der Waals surface area contributed by atoms with Crippen molar-refractivity contribution in [2.45, 2.75) is 39.2 Å². The number of aliphatic hydroxyl groups is 1. The van der Waals surface area contributed by atoms with E-state index in [1.54, 1.807) is 22.8 Å². The van der Waals surface area contributed by atoms with Crippen molar-refractivity contribution in [1.29, 1.82) is 5.26 Å². The molecule has 1 aromatic heterocycles. The molecular weight excluding hydrogens is 370 g/mol. The van der Waals surface area contributed by atoms with Crippen LogP contribution in [0, 0.1) is 11.3 Å². The average Bonchev–Trinajstić information content (AvgIpc) is 2.71. The monoisotopic (exact) mass is 395 g/mol. The van der Waals surface area contributed by atoms with Crippen molar-refractivity contribution in [3.8, 4) is 17.6 Å². The first-order chi connectivity index (χ1) is 14.0. The Hall–Kier alpha value is -3.24. The molecule has 2 aromatic rings. The van der Waals surface area contributed by atoms with Crippen molar-refractivity contribution in [3.05, 3.63) is 69.0 Å². The molecule has 2 heterocycles. The third-order valence-corrected chi connectivity index (χ3v) is 4.92. The van der Waals surface area contributed by atoms with E-state index in [1.807, 2.05) is 26.0 Å². The summed E-state index contributed by atoms with van der Waals surface area (Å²) in [4.78, 5) is 13.4. The topological polar surface area (TPSA) is 110 Å². The molecule has 0 aliphatic carbocycles. The van der Waals surface area contributed by atoms with Gasteiger partial charge in [0.05, 0.1) is 24.7 Å². The maximum absolute atomic E-state index is 13.4. The Bertz CT molecular complexity index is 1020. The Morgan fingerprint density at radius 3 is 2.62 bits per heavy atom. The molecule has 0 fully saturated rings. The molecule has 29 heavy (non-hydrogen) atoms. The highest BCUT2D eigenvalue weighted by Gasteiger charge is 2.34. The molecule has 1 aliphatic rings. The Morgan fingerprint density at radius 1 is 1.31 bits per heavy atom. The van der Waals surface area contributed by atoms with E-state index in [0.29, 0.717) is 30.1 Å². The Balaban J connectivity index is 2.22. The Kier molecular flexibility index (Phi) is 6.25. The van der Waals surface area contributed by atoms with Gasteiger partial charge < -0.3 is 24.9 Å². The number of pyridine rings is 1. The zero-order chi connectivity index (χ0) is 21.0. The smallest absolute Gasteiger partial charge is 0.258 e. The van der Waals surface area contributed by atoms with E-state index in [2.05, 4.69) is 6.07 Å². The van der Waals surface area contributed by atoms with Crippen LogP contribution in [-0.2, 0) is 13.0 Å². The molecule has 7 nitrogen and oxygen atoms in total. The van der Waals surface area contributed by atoms with Gasteiger partial charge in [0.15, 0.2) is 0 Å². The summed E-state index contributed by atoms with van der Waals surface area (Å²) in [6.07, 6.45) is 1.50. The third-order valence-electron chi connectivity index (χ3n) is 4.92. The summed E-state index contributed by atoms with van der Waals surface area (Å²) in [5.41, 5.74) is 7.82. The summed E-state index contributed by atoms with van der Waals surface area (Å²) >= 11 is 0. The number of rotatable bonds is 7. The van der Waals surface area contributed by atoms with E-state index >= 15 is 0 Å². The number of aliphatic hydroxyl groups excluding tert-OH is 1. The standard InChI is InChI=1S/C22H25N3O4/c1-3-5-15-12-18-20(22(27)25(15)10-11-26)19(17(13-23)21(24)29-18)14-6-8-16(9-7-14)28-4-2/h6-9,12,19,26H,3-5,10-11,24H2,1-2H3. The van der Waals surface area contributed by atoms with Gasteiger partial charge in [0.25, 0.3) is 5.56 Å². The number of aryl methyl sites for hydroxylation is 1. The van der Waals surface area contributed by atoms with Gasteiger partial charge in [-0.05, 0) is 31.0 Å². The number of fused-ring (bicyclic) bond motifs is 1. The van der Waals surface area contributed by atoms with E-state index in [4.69, 9.17) is 15.2 Å². The highest BCUT2D eigenvalue weighted by atomic mass is 16.5. The quantitative estimate of drug-likeness (QED) is 0.745. The van der Waals surface area contributed by atoms with Gasteiger partial charge in [-0.3, -0.25) is 4.79 Å². The lowest BCUT2D eigenvalue weighted by molar-refractivity contribution is 0.271. The fraction of sp³-hybridized carbons (Fsp3) is 0.364. The minimum Gasteiger partial charge on any atom is -0.494 e. The number of ether oxygens (including phenoxy) is 2. The molecule has 1 unspecified atom stereocenters. The highest BCUT2D eigenvalue weighted by molar-refractivity contribution is 5.55. The number of hydrogen-bond donors (Lipinski definition) is 2. The van der Waals surface area contributed by atoms with Crippen LogP contribution in [0.5, 0.6) is 11.5 Å². The lowest BCUT2D eigenvalue weighted by Gasteiger charge is -2.27. The second-order valence-corrected chi connectivity index (χ2v) is 6.77. The Labute approximate surface area is 169 Å². The first-order valence-corrected chi connectivity index (χ1v) is 9.73. The highest BCUT2D eigenvalue weighted by Crippen LogP contribution is 2.41. The normalized spacial score (nSPS) is 15.4. The van der Waals surface area contributed by atoms with Crippen molar-refractivity contribution in [2.24, 2.45) is 5.73 Å². The molecule has 0 saturated heterocycles. The van der Waals surface area contributed by atoms with Gasteiger partial charge in [0, 0.05) is 18.3 Å². The molecule has 1 aliphatic heterocycles. The first kappa shape index (κ1) is 20.5. The summed E-state index contributed by atoms with van der Waals surface area (Å²) in [7, 11) is 0. The third kappa shape index (κ3) is 3.84. The number of nitrogens with two attached hydrogens (primary N) is 1. The van der Waals surface area contributed by atoms with Crippen molar-refractivity contribution in [1.82, 2.24) is 4.57 Å². The second kappa shape index (κ2) is 8.84. The number of nitrogens with zero attached hydrogens (tertiary/aromatic N) is 2. The average molecular weight is 395 g/mol. The van der Waals surface area contributed by atoms with Crippen molar-refractivity contribution < 1.29 is 14.6 Å². The first-order valence-electron chi connectivity index (χ1n) is 9.73. The van der Waals surface area contributed by atoms with Crippen LogP contribution < -0.4 is 20.8 Å². The summed E-state index contributed by atoms with van der Waals surface area (Å²) < 4.78 is 12.7. The lowest BCUT2D eigenvalue weighted by atomic mass is 9.84. The van der Waals surface area contributed by atoms with E-state index in [9.17, 15) is 15.2 Å². The van der Waals surface area contributed by atoms with Crippen LogP contribution in [0.3, 0.4) is 0 Å². The maximum atomic E-state index is 13.4. The molecule has 0 amide bonds. The molecule has 1 aromatic carbocycles. The van der Waals surface area contributed by atoms with E-state index in [0.717, 1.165) is 17.7 Å². The fourth-order valence-electron chi connectivity index (χ4n) is 3.68. The fourth-order valence-corrected chi connectivity index (χ4v) is 3.68. The molecule has 0 spiro atoms. The molecular formula is C22H25N3O4. The Morgan fingerprint density at radius 2 is 2.03 bits per heavy atom. The van der Waals surface area contributed by atoms with E-state index in [1.165, 1.54) is 0 Å². The molecule has 152 valence electrons. The van der Waals surface area contributed by atoms with Gasteiger partial charge in [-0.25, -0.2) is 0 Å². The largest absolute Gasteiger partial charge is 0.494 e. The second-order valence-electron chi connectivity index (χ2n) is 6.77. The van der Waals surface area contributed by atoms with Gasteiger partial charge in [0.1, 0.15) is 23.1 Å². The van der Waals surface area contributed by atoms with E-state index in [-0.39, 0.29) is 30.2 Å². The van der Waals surface area contributed by atoms with E-state index < -0.39 is 5.92 Å². The van der Waals surface area contributed by atoms with Gasteiger partial charge >= 0.3 is 0 Å². The zero-order valence-electron chi connectivity index (χ0n) is 16.6. The summed E-state index contributed by atoms with van der Waals surface area (Å²) in [6, 6.07) is 11.1. The predicted octanol–water partition coefficient (Wildman–Crippen LogP) is 2.41. The van der Waals surface area contributed by atoms with Crippen LogP contribution in [0.15, 0.2) is 46.6 Å². The SMILES string of the molecule is CCCc1cc2c(c(=O)n1CCO)C(c1ccc(OCC)cc1)C(C#N)=C(N)O2. The molecule has 0 saturated carbocycles. The summed E-state index contributed by atoms with van der Waals surface area (Å²) in [5, 5.41) is 19.2. The van der Waals surface area contributed by atoms with Crippen LogP contribution >= 0.6 is 0 Å². The van der Waals surface area contributed by atoms with Gasteiger partial charge in [0.2, 0.25) is 5.88 Å². The molecule has 1 atom stereocenters. The lowest BCUT2D eigenvalue weighted by Crippen LogP contribution is -2.34. The van der Waals surface area contributed by atoms with Crippen molar-refractivity contribution >= 4 is 0 Å². The van der Waals surface area contributed by atoms with Crippen LogP contribution in [0.1, 0.15) is 43.0 Å². The van der Waals surface area contributed by atoms with Crippen LogP contribution in [0.25, 0.3) is 0 Å². The number of nitriles is 1.